The Kier molecular flexibility index (Phi) is 1.74. The number of para-hydroxylation sites is 1. The molecule has 0 saturated heterocycles. The molecule has 0 atom stereocenters. The van der Waals surface area contributed by atoms with Crippen LogP contribution in [0.4, 0.5) is 10.5 Å². The number of aromatic amines is 1. The van der Waals surface area contributed by atoms with Crippen LogP contribution < -0.4 is 16.8 Å². The number of urea groups is 1. The van der Waals surface area contributed by atoms with Crippen LogP contribution >= 0.6 is 0 Å². The van der Waals surface area contributed by atoms with E-state index in [2.05, 4.69) is 10.3 Å². The first-order chi connectivity index (χ1) is 6.66. The monoisotopic (exact) mass is 193 g/mol. The molecule has 0 aliphatic heterocycles. The SMILES string of the molecule is NC(=O)Nc1cccc2[nH]c(=O)oc12. The van der Waals surface area contributed by atoms with Crippen molar-refractivity contribution in [3.8, 4) is 0 Å². The van der Waals surface area contributed by atoms with Gasteiger partial charge in [-0.1, -0.05) is 6.07 Å². The molecule has 0 aliphatic rings. The zero-order chi connectivity index (χ0) is 10.1. The minimum atomic E-state index is -0.707. The van der Waals surface area contributed by atoms with Crippen LogP contribution in [0.2, 0.25) is 0 Å². The summed E-state index contributed by atoms with van der Waals surface area (Å²) in [7, 11) is 0. The maximum Gasteiger partial charge on any atom is 0.417 e. The number of hydrogen-bond acceptors (Lipinski definition) is 3. The molecular weight excluding hydrogens is 186 g/mol. The second-order valence-corrected chi connectivity index (χ2v) is 2.69. The third-order valence-electron chi connectivity index (χ3n) is 1.70. The van der Waals surface area contributed by atoms with Gasteiger partial charge in [0, 0.05) is 0 Å². The Morgan fingerprint density at radius 1 is 1.50 bits per heavy atom. The van der Waals surface area contributed by atoms with E-state index in [4.69, 9.17) is 10.2 Å². The molecule has 2 aromatic rings. The van der Waals surface area contributed by atoms with E-state index in [1.807, 2.05) is 0 Å². The summed E-state index contributed by atoms with van der Waals surface area (Å²) in [5.74, 6) is -0.571. The molecule has 2 amide bonds. The van der Waals surface area contributed by atoms with Crippen LogP contribution in [0.15, 0.2) is 27.4 Å². The summed E-state index contributed by atoms with van der Waals surface area (Å²) in [6, 6.07) is 4.20. The number of nitrogens with one attached hydrogen (secondary N) is 2. The molecule has 0 fully saturated rings. The molecule has 0 spiro atoms. The lowest BCUT2D eigenvalue weighted by Crippen LogP contribution is -2.19. The molecule has 14 heavy (non-hydrogen) atoms. The van der Waals surface area contributed by atoms with Gasteiger partial charge in [-0.2, -0.15) is 0 Å². The van der Waals surface area contributed by atoms with Crippen LogP contribution in [0.1, 0.15) is 0 Å². The predicted octanol–water partition coefficient (Wildman–Crippen LogP) is 0.612. The van der Waals surface area contributed by atoms with Gasteiger partial charge < -0.3 is 15.5 Å². The number of amides is 2. The first-order valence-corrected chi connectivity index (χ1v) is 3.85. The molecule has 6 heteroatoms. The van der Waals surface area contributed by atoms with E-state index in [9.17, 15) is 9.59 Å². The van der Waals surface area contributed by atoms with Crippen LogP contribution in [-0.4, -0.2) is 11.0 Å². The van der Waals surface area contributed by atoms with Crippen LogP contribution in [0.5, 0.6) is 0 Å². The second-order valence-electron chi connectivity index (χ2n) is 2.69. The highest BCUT2D eigenvalue weighted by Crippen LogP contribution is 2.19. The van der Waals surface area contributed by atoms with Gasteiger partial charge >= 0.3 is 11.8 Å². The van der Waals surface area contributed by atoms with Crippen molar-refractivity contribution in [3.63, 3.8) is 0 Å². The molecule has 0 radical (unpaired) electrons. The summed E-state index contributed by atoms with van der Waals surface area (Å²) < 4.78 is 4.82. The molecule has 1 heterocycles. The van der Waals surface area contributed by atoms with Crippen molar-refractivity contribution in [2.45, 2.75) is 0 Å². The van der Waals surface area contributed by atoms with E-state index in [0.29, 0.717) is 11.2 Å². The third-order valence-corrected chi connectivity index (χ3v) is 1.70. The molecule has 4 N–H and O–H groups in total. The van der Waals surface area contributed by atoms with Crippen molar-refractivity contribution in [1.82, 2.24) is 4.98 Å². The van der Waals surface area contributed by atoms with Crippen molar-refractivity contribution in [2.75, 3.05) is 5.32 Å². The van der Waals surface area contributed by atoms with Crippen LogP contribution in [0.3, 0.4) is 0 Å². The molecule has 72 valence electrons. The lowest BCUT2D eigenvalue weighted by atomic mass is 10.3. The molecule has 1 aromatic carbocycles. The topological polar surface area (TPSA) is 101 Å². The number of carbonyl (C=O) groups excluding carboxylic acids is 1. The average Bonchev–Trinajstić information content (AvgIpc) is 2.45. The van der Waals surface area contributed by atoms with Crippen molar-refractivity contribution in [2.24, 2.45) is 5.73 Å². The number of nitrogens with two attached hydrogens (primary N) is 1. The summed E-state index contributed by atoms with van der Waals surface area (Å²) in [6.45, 7) is 0. The van der Waals surface area contributed by atoms with Gasteiger partial charge in [0.15, 0.2) is 5.58 Å². The Balaban J connectivity index is 2.64. The van der Waals surface area contributed by atoms with Crippen molar-refractivity contribution < 1.29 is 9.21 Å². The number of hydrogen-bond donors (Lipinski definition) is 3. The summed E-state index contributed by atoms with van der Waals surface area (Å²) in [5.41, 5.74) is 6.11. The van der Waals surface area contributed by atoms with E-state index in [0.717, 1.165) is 0 Å². The number of aromatic nitrogens is 1. The Morgan fingerprint density at radius 2 is 2.29 bits per heavy atom. The molecule has 0 saturated carbocycles. The molecule has 6 nitrogen and oxygen atoms in total. The zero-order valence-corrected chi connectivity index (χ0v) is 7.03. The maximum absolute atomic E-state index is 10.9. The summed E-state index contributed by atoms with van der Waals surface area (Å²) in [5, 5.41) is 2.35. The highest BCUT2D eigenvalue weighted by Gasteiger charge is 2.07. The lowest BCUT2D eigenvalue weighted by Gasteiger charge is -1.99. The number of oxazole rings is 1. The van der Waals surface area contributed by atoms with E-state index < -0.39 is 11.8 Å². The Hall–Kier alpha value is -2.24. The largest absolute Gasteiger partial charge is 0.417 e. The van der Waals surface area contributed by atoms with E-state index >= 15 is 0 Å². The van der Waals surface area contributed by atoms with Crippen LogP contribution in [0, 0.1) is 0 Å². The van der Waals surface area contributed by atoms with Crippen molar-refractivity contribution in [3.05, 3.63) is 28.7 Å². The minimum absolute atomic E-state index is 0.288. The van der Waals surface area contributed by atoms with Gasteiger partial charge in [-0.15, -0.1) is 0 Å². The molecule has 1 aromatic heterocycles. The Morgan fingerprint density at radius 3 is 3.00 bits per heavy atom. The van der Waals surface area contributed by atoms with Gasteiger partial charge in [-0.25, -0.2) is 9.59 Å². The zero-order valence-electron chi connectivity index (χ0n) is 7.03. The van der Waals surface area contributed by atoms with Gasteiger partial charge in [0.1, 0.15) is 0 Å². The lowest BCUT2D eigenvalue weighted by molar-refractivity contribution is 0.259. The highest BCUT2D eigenvalue weighted by atomic mass is 16.4. The number of H-pyrrole nitrogens is 1. The first-order valence-electron chi connectivity index (χ1n) is 3.85. The van der Waals surface area contributed by atoms with E-state index in [1.165, 1.54) is 0 Å². The fraction of sp³-hybridized carbons (Fsp3) is 0. The molecule has 0 bridgehead atoms. The van der Waals surface area contributed by atoms with Gasteiger partial charge in [0.05, 0.1) is 11.2 Å². The fourth-order valence-electron chi connectivity index (χ4n) is 1.20. The standard InChI is InChI=1S/C8H7N3O3/c9-7(12)10-4-2-1-3-5-6(4)14-8(13)11-5/h1-3H,(H,11,13)(H3,9,10,12). The quantitative estimate of drug-likeness (QED) is 0.618. The summed E-state index contributed by atoms with van der Waals surface area (Å²) >= 11 is 0. The Labute approximate surface area is 77.7 Å². The number of primary amides is 1. The third kappa shape index (κ3) is 1.33. The maximum atomic E-state index is 10.9. The molecule has 0 aliphatic carbocycles. The van der Waals surface area contributed by atoms with Crippen molar-refractivity contribution in [1.29, 1.82) is 0 Å². The van der Waals surface area contributed by atoms with Gasteiger partial charge in [-0.05, 0) is 12.1 Å². The number of benzene rings is 1. The minimum Gasteiger partial charge on any atom is -0.406 e. The van der Waals surface area contributed by atoms with Crippen LogP contribution in [-0.2, 0) is 0 Å². The normalized spacial score (nSPS) is 10.3. The fourth-order valence-corrected chi connectivity index (χ4v) is 1.20. The molecule has 2 rings (SSSR count). The Bertz CT molecular complexity index is 540. The van der Waals surface area contributed by atoms with Crippen LogP contribution in [0.25, 0.3) is 11.1 Å². The number of rotatable bonds is 1. The van der Waals surface area contributed by atoms with Gasteiger partial charge in [-0.3, -0.25) is 4.98 Å². The van der Waals surface area contributed by atoms with E-state index in [-0.39, 0.29) is 5.58 Å². The number of anilines is 1. The summed E-state index contributed by atoms with van der Waals surface area (Å²) in [4.78, 5) is 23.9. The predicted molar refractivity (Wildman–Crippen MR) is 50.0 cm³/mol. The smallest absolute Gasteiger partial charge is 0.406 e. The van der Waals surface area contributed by atoms with Gasteiger partial charge in [0.2, 0.25) is 0 Å². The first kappa shape index (κ1) is 8.36. The van der Waals surface area contributed by atoms with Crippen molar-refractivity contribution >= 4 is 22.8 Å². The number of carbonyl (C=O) groups is 1. The van der Waals surface area contributed by atoms with Gasteiger partial charge in [0.25, 0.3) is 0 Å². The summed E-state index contributed by atoms with van der Waals surface area (Å²) in [6.07, 6.45) is 0. The highest BCUT2D eigenvalue weighted by molar-refractivity contribution is 5.96. The molecular formula is C8H7N3O3. The number of fused-ring (bicyclic) bond motifs is 1. The van der Waals surface area contributed by atoms with E-state index in [1.54, 1.807) is 18.2 Å². The second kappa shape index (κ2) is 2.91. The molecule has 0 unspecified atom stereocenters. The average molecular weight is 193 g/mol.